The number of ketones is 1. The fourth-order valence-electron chi connectivity index (χ4n) is 10.2. The normalized spacial score (nSPS) is 52.9. The van der Waals surface area contributed by atoms with Gasteiger partial charge in [0.15, 0.2) is 0 Å². The largest absolute Gasteiger partial charge is 0.459 e. The van der Waals surface area contributed by atoms with Gasteiger partial charge in [-0.1, -0.05) is 46.3 Å². The molecule has 4 nitrogen and oxygen atoms in total. The highest BCUT2D eigenvalue weighted by Gasteiger charge is 2.67. The van der Waals surface area contributed by atoms with Crippen LogP contribution < -0.4 is 0 Å². The van der Waals surface area contributed by atoms with E-state index in [0.29, 0.717) is 23.5 Å². The first-order valence-corrected chi connectivity index (χ1v) is 13.9. The fraction of sp³-hybridized carbons (Fsp3) is 0.867. The molecule has 0 N–H and O–H groups in total. The zero-order chi connectivity index (χ0) is 24.5. The van der Waals surface area contributed by atoms with E-state index in [9.17, 15) is 9.59 Å². The Bertz CT molecular complexity index is 976. The van der Waals surface area contributed by atoms with Crippen LogP contribution in [0.5, 0.6) is 0 Å². The maximum absolute atomic E-state index is 13.1. The molecule has 188 valence electrons. The summed E-state index contributed by atoms with van der Waals surface area (Å²) in [7, 11) is 0. The summed E-state index contributed by atoms with van der Waals surface area (Å²) in [6.07, 6.45) is 10.8. The van der Waals surface area contributed by atoms with Gasteiger partial charge in [-0.05, 0) is 86.4 Å². The quantitative estimate of drug-likeness (QED) is 0.272. The van der Waals surface area contributed by atoms with Crippen molar-refractivity contribution in [2.45, 2.75) is 118 Å². The molecular formula is C30H44O4. The van der Waals surface area contributed by atoms with Crippen molar-refractivity contribution in [1.29, 1.82) is 0 Å². The summed E-state index contributed by atoms with van der Waals surface area (Å²) in [4.78, 5) is 26.0. The van der Waals surface area contributed by atoms with Crippen LogP contribution in [0.25, 0.3) is 0 Å². The molecule has 0 aromatic heterocycles. The molecule has 34 heavy (non-hydrogen) atoms. The molecule has 0 aromatic rings. The molecule has 0 bridgehead atoms. The predicted octanol–water partition coefficient (Wildman–Crippen LogP) is 6.27. The number of cyclic esters (lactones) is 1. The second kappa shape index (κ2) is 6.78. The molecule has 5 fully saturated rings. The summed E-state index contributed by atoms with van der Waals surface area (Å²) in [6.45, 7) is 16.1. The highest BCUT2D eigenvalue weighted by atomic mass is 16.6. The number of carbonyl (C=O) groups excluding carboxylic acids is 2. The van der Waals surface area contributed by atoms with Crippen molar-refractivity contribution in [2.24, 2.45) is 45.3 Å². The van der Waals surface area contributed by atoms with E-state index in [1.165, 1.54) is 19.3 Å². The van der Waals surface area contributed by atoms with E-state index in [4.69, 9.17) is 9.47 Å². The average molecular weight is 469 g/mol. The highest BCUT2D eigenvalue weighted by molar-refractivity contribution is 5.85. The van der Waals surface area contributed by atoms with Crippen LogP contribution in [-0.2, 0) is 19.1 Å². The van der Waals surface area contributed by atoms with E-state index in [0.717, 1.165) is 32.1 Å². The second-order valence-electron chi connectivity index (χ2n) is 14.5. The van der Waals surface area contributed by atoms with E-state index in [-0.39, 0.29) is 51.4 Å². The Kier molecular flexibility index (Phi) is 4.64. The van der Waals surface area contributed by atoms with Gasteiger partial charge in [0.05, 0.1) is 11.5 Å². The van der Waals surface area contributed by atoms with Gasteiger partial charge in [0.2, 0.25) is 0 Å². The molecule has 2 heterocycles. The summed E-state index contributed by atoms with van der Waals surface area (Å²) in [5.41, 5.74) is 1.75. The molecule has 2 saturated heterocycles. The van der Waals surface area contributed by atoms with Crippen molar-refractivity contribution in [2.75, 3.05) is 0 Å². The number of hydrogen-bond acceptors (Lipinski definition) is 4. The van der Waals surface area contributed by atoms with Gasteiger partial charge in [0.25, 0.3) is 0 Å². The Morgan fingerprint density at radius 2 is 1.65 bits per heavy atom. The van der Waals surface area contributed by atoms with E-state index >= 15 is 0 Å². The molecule has 6 rings (SSSR count). The van der Waals surface area contributed by atoms with Gasteiger partial charge in [-0.3, -0.25) is 9.59 Å². The van der Waals surface area contributed by atoms with Crippen LogP contribution in [0.2, 0.25) is 0 Å². The van der Waals surface area contributed by atoms with Gasteiger partial charge in [0.1, 0.15) is 18.0 Å². The van der Waals surface area contributed by atoms with Gasteiger partial charge >= 0.3 is 5.97 Å². The third-order valence-corrected chi connectivity index (χ3v) is 12.6. The first-order valence-electron chi connectivity index (χ1n) is 13.9. The zero-order valence-corrected chi connectivity index (χ0v) is 22.3. The zero-order valence-electron chi connectivity index (χ0n) is 22.3. The number of Topliss-reactive ketones (excluding diaryl/α,β-unsaturated/α-hetero) is 1. The number of epoxide rings is 1. The van der Waals surface area contributed by atoms with Crippen LogP contribution in [0.15, 0.2) is 11.6 Å². The number of esters is 1. The fourth-order valence-corrected chi connectivity index (χ4v) is 10.2. The van der Waals surface area contributed by atoms with Crippen molar-refractivity contribution in [3.63, 3.8) is 0 Å². The van der Waals surface area contributed by atoms with Crippen LogP contribution in [0.3, 0.4) is 0 Å². The van der Waals surface area contributed by atoms with E-state index in [2.05, 4.69) is 54.5 Å². The molecule has 6 aliphatic rings. The summed E-state index contributed by atoms with van der Waals surface area (Å²) in [6, 6.07) is 0. The summed E-state index contributed by atoms with van der Waals surface area (Å²) in [5.74, 6) is 1.87. The van der Waals surface area contributed by atoms with E-state index in [1.807, 2.05) is 0 Å². The maximum Gasteiger partial charge on any atom is 0.309 e. The highest BCUT2D eigenvalue weighted by Crippen LogP contribution is 2.73. The van der Waals surface area contributed by atoms with Crippen LogP contribution in [0.4, 0.5) is 0 Å². The summed E-state index contributed by atoms with van der Waals surface area (Å²) in [5, 5.41) is 0. The Hall–Kier alpha value is -1.16. The molecule has 4 aliphatic carbocycles. The van der Waals surface area contributed by atoms with Crippen molar-refractivity contribution < 1.29 is 19.1 Å². The average Bonchev–Trinajstić information content (AvgIpc) is 3.08. The van der Waals surface area contributed by atoms with Gasteiger partial charge in [0, 0.05) is 18.3 Å². The van der Waals surface area contributed by atoms with Crippen molar-refractivity contribution in [3.8, 4) is 0 Å². The lowest BCUT2D eigenvalue weighted by Crippen LogP contribution is -2.57. The van der Waals surface area contributed by atoms with Gasteiger partial charge in [-0.25, -0.2) is 0 Å². The van der Waals surface area contributed by atoms with Crippen molar-refractivity contribution in [1.82, 2.24) is 0 Å². The number of ether oxygens (including phenoxy) is 2. The van der Waals surface area contributed by atoms with Gasteiger partial charge in [-0.15, -0.1) is 0 Å². The Balaban J connectivity index is 1.30. The molecular weight excluding hydrogens is 424 g/mol. The lowest BCUT2D eigenvalue weighted by atomic mass is 9.41. The Labute approximate surface area is 205 Å². The molecule has 3 saturated carbocycles. The Morgan fingerprint density at radius 1 is 0.941 bits per heavy atom. The number of fused-ring (bicyclic) bond motifs is 5. The van der Waals surface area contributed by atoms with Crippen LogP contribution >= 0.6 is 0 Å². The topological polar surface area (TPSA) is 55.9 Å². The van der Waals surface area contributed by atoms with E-state index in [1.54, 1.807) is 5.57 Å². The van der Waals surface area contributed by atoms with Crippen molar-refractivity contribution >= 4 is 11.8 Å². The van der Waals surface area contributed by atoms with Gasteiger partial charge < -0.3 is 9.47 Å². The third-order valence-electron chi connectivity index (χ3n) is 12.6. The Morgan fingerprint density at radius 3 is 2.32 bits per heavy atom. The van der Waals surface area contributed by atoms with Crippen LogP contribution in [0.1, 0.15) is 99.8 Å². The monoisotopic (exact) mass is 468 g/mol. The first kappa shape index (κ1) is 23.3. The van der Waals surface area contributed by atoms with Crippen LogP contribution in [-0.4, -0.2) is 29.6 Å². The molecule has 0 amide bonds. The molecule has 2 aliphatic heterocycles. The third kappa shape index (κ3) is 2.75. The number of hydrogen-bond donors (Lipinski definition) is 0. The lowest BCUT2D eigenvalue weighted by molar-refractivity contribution is -0.149. The maximum atomic E-state index is 13.1. The molecule has 0 aromatic carbocycles. The minimum Gasteiger partial charge on any atom is -0.459 e. The van der Waals surface area contributed by atoms with Gasteiger partial charge in [-0.2, -0.15) is 0 Å². The van der Waals surface area contributed by atoms with Crippen molar-refractivity contribution in [3.05, 3.63) is 11.6 Å². The number of allylic oxidation sites excluding steroid dienone is 2. The standard InChI is InChI=1S/C30H44O4/c1-26(2)22-9-8-20-19(28(22,5)13-12-23(26)31)11-15-29(6)18(10-14-30(20,29)7)17-16-21(33-25(17)32)24-27(3,4)34-24/h8,17-19,21-22,24H,9-16H2,1-7H3/t17-,18-,19-,21+,22-,24-,28+,29-,30+/m0/s1. The second-order valence-corrected chi connectivity index (χ2v) is 14.5. The molecule has 0 radical (unpaired) electrons. The summed E-state index contributed by atoms with van der Waals surface area (Å²) >= 11 is 0. The van der Waals surface area contributed by atoms with Crippen LogP contribution in [0, 0.1) is 45.3 Å². The number of rotatable bonds is 2. The molecule has 0 spiro atoms. The lowest BCUT2D eigenvalue weighted by Gasteiger charge is -2.63. The summed E-state index contributed by atoms with van der Waals surface area (Å²) < 4.78 is 11.8. The SMILES string of the molecule is CC1(C)O[C@H]1[C@H]1C[C@@H]([C@@H]2CC[C@]3(C)C4=CC[C@H]5C(C)(C)C(=O)CC[C@]5(C)[C@H]4CC[C@@]23C)C(=O)O1. The minimum absolute atomic E-state index is 0.00661. The minimum atomic E-state index is -0.226. The smallest absolute Gasteiger partial charge is 0.309 e. The number of carbonyl (C=O) groups is 2. The predicted molar refractivity (Wildman–Crippen MR) is 131 cm³/mol. The molecule has 4 heteroatoms. The molecule has 0 unspecified atom stereocenters. The first-order chi connectivity index (χ1) is 15.8. The molecule has 9 atom stereocenters. The van der Waals surface area contributed by atoms with E-state index < -0.39 is 0 Å².